The Hall–Kier alpha value is -3.42. The Balaban J connectivity index is 0.000000131. The van der Waals surface area contributed by atoms with Gasteiger partial charge in [0.25, 0.3) is 5.56 Å². The maximum atomic E-state index is 11.0. The summed E-state index contributed by atoms with van der Waals surface area (Å²) in [6.45, 7) is 0. The fourth-order valence-electron chi connectivity index (χ4n) is 2.11. The van der Waals surface area contributed by atoms with Crippen LogP contribution in [0.4, 0.5) is 0 Å². The highest BCUT2D eigenvalue weighted by atomic mass is 16.5. The Bertz CT molecular complexity index is 963. The van der Waals surface area contributed by atoms with Crippen LogP contribution in [0.1, 0.15) is 0 Å². The molecular weight excluding hydrogens is 288 g/mol. The van der Waals surface area contributed by atoms with Crippen LogP contribution >= 0.6 is 0 Å². The Morgan fingerprint density at radius 1 is 1.05 bits per heavy atom. The largest absolute Gasteiger partial charge is 0.506 e. The van der Waals surface area contributed by atoms with Gasteiger partial charge >= 0.3 is 0 Å². The van der Waals surface area contributed by atoms with Gasteiger partial charge in [-0.15, -0.1) is 0 Å². The smallest absolute Gasteiger partial charge is 0.257 e. The number of nitrogens with one attached hydrogen (secondary N) is 1. The second kappa shape index (κ2) is 5.17. The molecule has 22 heavy (non-hydrogen) atoms. The molecule has 4 rings (SSSR count). The number of hydrogen-bond donors (Lipinski definition) is 4. The van der Waals surface area contributed by atoms with E-state index in [0.29, 0.717) is 21.8 Å². The Morgan fingerprint density at radius 2 is 1.82 bits per heavy atom. The van der Waals surface area contributed by atoms with Crippen molar-refractivity contribution in [1.82, 2.24) is 19.4 Å². The van der Waals surface area contributed by atoms with Crippen LogP contribution in [0.2, 0.25) is 0 Å². The standard InChI is InChI=1S/2C7H6N2O2/c10-7-5-2-4-9(11)6(5)1-3-8-7;10-7-4-9(11)6-1-2-8-3-5(6)7/h1-4,11H,(H,8,10);1-4,10-11H. The molecule has 112 valence electrons. The first-order chi connectivity index (χ1) is 10.6. The Morgan fingerprint density at radius 3 is 2.55 bits per heavy atom. The van der Waals surface area contributed by atoms with Crippen LogP contribution in [0.15, 0.2) is 54.0 Å². The fourth-order valence-corrected chi connectivity index (χ4v) is 2.11. The summed E-state index contributed by atoms with van der Waals surface area (Å²) >= 11 is 0. The van der Waals surface area contributed by atoms with Crippen LogP contribution in [0.3, 0.4) is 0 Å². The lowest BCUT2D eigenvalue weighted by Crippen LogP contribution is -2.03. The third kappa shape index (κ3) is 2.22. The second-order valence-corrected chi connectivity index (χ2v) is 4.52. The third-order valence-electron chi connectivity index (χ3n) is 3.17. The van der Waals surface area contributed by atoms with Gasteiger partial charge in [0.2, 0.25) is 0 Å². The van der Waals surface area contributed by atoms with Gasteiger partial charge in [0.15, 0.2) is 0 Å². The molecule has 0 fully saturated rings. The van der Waals surface area contributed by atoms with Gasteiger partial charge in [-0.25, -0.2) is 0 Å². The molecular formula is C14H12N4O4. The lowest BCUT2D eigenvalue weighted by Gasteiger charge is -1.91. The molecule has 0 aliphatic rings. The van der Waals surface area contributed by atoms with E-state index in [1.165, 1.54) is 24.8 Å². The summed E-state index contributed by atoms with van der Waals surface area (Å²) in [5.74, 6) is 0.0376. The van der Waals surface area contributed by atoms with E-state index >= 15 is 0 Å². The number of H-pyrrole nitrogens is 1. The molecule has 0 aliphatic carbocycles. The molecule has 8 nitrogen and oxygen atoms in total. The molecule has 0 bridgehead atoms. The lowest BCUT2D eigenvalue weighted by molar-refractivity contribution is 0.198. The van der Waals surface area contributed by atoms with Gasteiger partial charge in [0.1, 0.15) is 5.75 Å². The molecule has 0 amide bonds. The van der Waals surface area contributed by atoms with Crippen LogP contribution < -0.4 is 5.56 Å². The lowest BCUT2D eigenvalue weighted by atomic mass is 10.3. The zero-order chi connectivity index (χ0) is 15.7. The number of hydrogen-bond acceptors (Lipinski definition) is 5. The highest BCUT2D eigenvalue weighted by Gasteiger charge is 2.04. The minimum absolute atomic E-state index is 0.0376. The van der Waals surface area contributed by atoms with Crippen LogP contribution in [0.5, 0.6) is 5.75 Å². The van der Waals surface area contributed by atoms with E-state index < -0.39 is 0 Å². The van der Waals surface area contributed by atoms with E-state index in [4.69, 9.17) is 10.4 Å². The van der Waals surface area contributed by atoms with Crippen molar-refractivity contribution in [2.45, 2.75) is 0 Å². The van der Waals surface area contributed by atoms with Crippen LogP contribution in [0.25, 0.3) is 21.8 Å². The summed E-state index contributed by atoms with van der Waals surface area (Å²) in [5.41, 5.74) is 0.890. The molecule has 0 saturated carbocycles. The zero-order valence-corrected chi connectivity index (χ0v) is 11.2. The number of pyridine rings is 2. The Kier molecular flexibility index (Phi) is 3.18. The predicted molar refractivity (Wildman–Crippen MR) is 78.3 cm³/mol. The molecule has 8 heteroatoms. The van der Waals surface area contributed by atoms with Gasteiger partial charge in [-0.3, -0.25) is 9.78 Å². The molecule has 0 spiro atoms. The molecule has 0 unspecified atom stereocenters. The first-order valence-corrected chi connectivity index (χ1v) is 6.29. The van der Waals surface area contributed by atoms with Crippen LogP contribution in [0, 0.1) is 0 Å². The molecule has 0 aliphatic heterocycles. The van der Waals surface area contributed by atoms with E-state index in [0.717, 1.165) is 9.46 Å². The minimum atomic E-state index is -0.185. The molecule has 4 heterocycles. The van der Waals surface area contributed by atoms with Gasteiger partial charge in [-0.1, -0.05) is 0 Å². The molecule has 0 radical (unpaired) electrons. The number of nitrogens with zero attached hydrogens (tertiary/aromatic N) is 3. The van der Waals surface area contributed by atoms with Gasteiger partial charge < -0.3 is 20.5 Å². The zero-order valence-electron chi connectivity index (χ0n) is 11.2. The summed E-state index contributed by atoms with van der Waals surface area (Å²) in [6, 6.07) is 4.82. The predicted octanol–water partition coefficient (Wildman–Crippen LogP) is 1.55. The summed E-state index contributed by atoms with van der Waals surface area (Å²) in [4.78, 5) is 17.3. The van der Waals surface area contributed by atoms with Gasteiger partial charge in [0.05, 0.1) is 28.0 Å². The average molecular weight is 300 g/mol. The minimum Gasteiger partial charge on any atom is -0.506 e. The highest BCUT2D eigenvalue weighted by Crippen LogP contribution is 2.23. The van der Waals surface area contributed by atoms with Crippen molar-refractivity contribution in [3.05, 3.63) is 59.5 Å². The van der Waals surface area contributed by atoms with Crippen LogP contribution in [-0.4, -0.2) is 34.9 Å². The second-order valence-electron chi connectivity index (χ2n) is 4.52. The van der Waals surface area contributed by atoms with Crippen molar-refractivity contribution in [2.24, 2.45) is 0 Å². The molecule has 0 aromatic carbocycles. The number of aromatic amines is 1. The topological polar surface area (TPSA) is 116 Å². The van der Waals surface area contributed by atoms with E-state index in [2.05, 4.69) is 9.97 Å². The van der Waals surface area contributed by atoms with Crippen molar-refractivity contribution < 1.29 is 15.5 Å². The fraction of sp³-hybridized carbons (Fsp3) is 0. The number of fused-ring (bicyclic) bond motifs is 2. The molecule has 4 aromatic heterocycles. The molecule has 0 saturated heterocycles. The van der Waals surface area contributed by atoms with Crippen molar-refractivity contribution in [1.29, 1.82) is 0 Å². The van der Waals surface area contributed by atoms with Crippen molar-refractivity contribution in [3.63, 3.8) is 0 Å². The molecule has 4 N–H and O–H groups in total. The third-order valence-corrected chi connectivity index (χ3v) is 3.17. The van der Waals surface area contributed by atoms with Crippen molar-refractivity contribution >= 4 is 21.8 Å². The van der Waals surface area contributed by atoms with Crippen LogP contribution in [-0.2, 0) is 0 Å². The average Bonchev–Trinajstić information content (AvgIpc) is 3.03. The van der Waals surface area contributed by atoms with Gasteiger partial charge in [-0.2, -0.15) is 9.46 Å². The quantitative estimate of drug-likeness (QED) is 0.368. The maximum absolute atomic E-state index is 11.0. The number of aromatic nitrogens is 4. The summed E-state index contributed by atoms with van der Waals surface area (Å²) in [6.07, 6.45) is 7.20. The number of rotatable bonds is 0. The maximum Gasteiger partial charge on any atom is 0.257 e. The number of aromatic hydroxyl groups is 1. The first-order valence-electron chi connectivity index (χ1n) is 6.29. The van der Waals surface area contributed by atoms with E-state index in [1.807, 2.05) is 0 Å². The van der Waals surface area contributed by atoms with E-state index in [1.54, 1.807) is 24.4 Å². The Labute approximate surface area is 123 Å². The first kappa shape index (κ1) is 13.6. The van der Waals surface area contributed by atoms with Crippen molar-refractivity contribution in [3.8, 4) is 5.75 Å². The highest BCUT2D eigenvalue weighted by molar-refractivity contribution is 5.85. The van der Waals surface area contributed by atoms with E-state index in [9.17, 15) is 9.90 Å². The summed E-state index contributed by atoms with van der Waals surface area (Å²) in [5, 5.41) is 28.4. The SMILES string of the molecule is O=c1[nH]ccc2c1ccn2O.Oc1cn(O)c2ccncc12. The summed E-state index contributed by atoms with van der Waals surface area (Å²) < 4.78 is 1.79. The van der Waals surface area contributed by atoms with Gasteiger partial charge in [-0.05, 0) is 18.2 Å². The monoisotopic (exact) mass is 300 g/mol. The molecule has 4 aromatic rings. The summed E-state index contributed by atoms with van der Waals surface area (Å²) in [7, 11) is 0. The van der Waals surface area contributed by atoms with E-state index in [-0.39, 0.29) is 11.3 Å². The van der Waals surface area contributed by atoms with Crippen molar-refractivity contribution in [2.75, 3.05) is 0 Å². The molecule has 0 atom stereocenters. The van der Waals surface area contributed by atoms with Gasteiger partial charge in [0, 0.05) is 24.8 Å². The normalized spacial score (nSPS) is 10.5.